The first-order chi connectivity index (χ1) is 11.9. The molecule has 2 aromatic rings. The van der Waals surface area contributed by atoms with Crippen LogP contribution in [0.1, 0.15) is 25.0 Å². The average Bonchev–Trinajstić information content (AvgIpc) is 2.60. The van der Waals surface area contributed by atoms with Crippen molar-refractivity contribution in [2.24, 2.45) is 4.99 Å². The summed E-state index contributed by atoms with van der Waals surface area (Å²) in [6.07, 6.45) is 0.926. The van der Waals surface area contributed by atoms with Crippen molar-refractivity contribution in [3.05, 3.63) is 65.7 Å². The lowest BCUT2D eigenvalue weighted by Crippen LogP contribution is -2.51. The highest BCUT2D eigenvalue weighted by molar-refractivity contribution is 6.07. The first kappa shape index (κ1) is 19.2. The molecule has 0 bridgehead atoms. The second kappa shape index (κ2) is 8.30. The summed E-state index contributed by atoms with van der Waals surface area (Å²) in [6.45, 7) is 5.17. The Morgan fingerprint density at radius 3 is 2.00 bits per heavy atom. The number of anilines is 1. The minimum atomic E-state index is -0.170. The van der Waals surface area contributed by atoms with Crippen LogP contribution >= 0.6 is 0 Å². The molecule has 3 nitrogen and oxygen atoms in total. The first-order valence-corrected chi connectivity index (χ1v) is 8.92. The van der Waals surface area contributed by atoms with E-state index in [1.54, 1.807) is 0 Å². The third-order valence-electron chi connectivity index (χ3n) is 4.86. The van der Waals surface area contributed by atoms with Gasteiger partial charge < -0.3 is 4.90 Å². The van der Waals surface area contributed by atoms with Crippen LogP contribution in [0, 0.1) is 0 Å². The van der Waals surface area contributed by atoms with Gasteiger partial charge in [0.05, 0.1) is 11.3 Å². The molecular formula is C22H31N3. The van der Waals surface area contributed by atoms with Crippen LogP contribution in [0.15, 0.2) is 59.6 Å². The van der Waals surface area contributed by atoms with Gasteiger partial charge in [-0.15, -0.1) is 0 Å². The average molecular weight is 338 g/mol. The van der Waals surface area contributed by atoms with Gasteiger partial charge in [-0.2, -0.15) is 0 Å². The maximum absolute atomic E-state index is 4.92. The molecule has 0 amide bonds. The molecule has 3 heteroatoms. The molecule has 0 aliphatic carbocycles. The Morgan fingerprint density at radius 1 is 0.920 bits per heavy atom. The third kappa shape index (κ3) is 4.49. The number of hydrogen-bond donors (Lipinski definition) is 0. The van der Waals surface area contributed by atoms with Gasteiger partial charge >= 0.3 is 0 Å². The summed E-state index contributed by atoms with van der Waals surface area (Å²) in [4.78, 5) is 9.33. The summed E-state index contributed by atoms with van der Waals surface area (Å²) in [5.41, 5.74) is 4.70. The van der Waals surface area contributed by atoms with Crippen LogP contribution in [0.25, 0.3) is 0 Å². The van der Waals surface area contributed by atoms with E-state index >= 15 is 0 Å². The number of nitrogens with zero attached hydrogens (tertiary/aromatic N) is 3. The standard InChI is InChI=1S/C22H31N3/c1-7-23-21(19-13-15-20(16-14-19)24(3)4)22(2,25(5)6)17-18-11-9-8-10-12-18/h8-16H,7,17H2,1-6H3/b23-21+. The smallest absolute Gasteiger partial charge is 0.0642 e. The van der Waals surface area contributed by atoms with Crippen molar-refractivity contribution in [2.75, 3.05) is 39.6 Å². The molecule has 2 rings (SSSR count). The molecule has 0 aromatic heterocycles. The number of hydrogen-bond acceptors (Lipinski definition) is 3. The zero-order valence-corrected chi connectivity index (χ0v) is 16.5. The van der Waals surface area contributed by atoms with Gasteiger partial charge in [0.15, 0.2) is 0 Å². The normalized spacial score (nSPS) is 14.4. The van der Waals surface area contributed by atoms with Crippen LogP contribution in [-0.2, 0) is 6.42 Å². The van der Waals surface area contributed by atoms with Gasteiger partial charge in [0.2, 0.25) is 0 Å². The zero-order valence-electron chi connectivity index (χ0n) is 16.5. The highest BCUT2D eigenvalue weighted by Crippen LogP contribution is 2.26. The summed E-state index contributed by atoms with van der Waals surface area (Å²) in [6, 6.07) is 19.4. The van der Waals surface area contributed by atoms with E-state index in [4.69, 9.17) is 4.99 Å². The Morgan fingerprint density at radius 2 is 1.52 bits per heavy atom. The topological polar surface area (TPSA) is 18.8 Å². The molecule has 0 radical (unpaired) electrons. The predicted octanol–water partition coefficient (Wildman–Crippen LogP) is 4.12. The monoisotopic (exact) mass is 337 g/mol. The highest BCUT2D eigenvalue weighted by Gasteiger charge is 2.34. The highest BCUT2D eigenvalue weighted by atomic mass is 15.2. The summed E-state index contributed by atoms with van der Waals surface area (Å²) in [5.74, 6) is 0. The van der Waals surface area contributed by atoms with Gasteiger partial charge in [-0.1, -0.05) is 42.5 Å². The van der Waals surface area contributed by atoms with Crippen molar-refractivity contribution >= 4 is 11.4 Å². The summed E-state index contributed by atoms with van der Waals surface area (Å²) < 4.78 is 0. The lowest BCUT2D eigenvalue weighted by Gasteiger charge is -2.38. The van der Waals surface area contributed by atoms with Crippen molar-refractivity contribution in [1.29, 1.82) is 0 Å². The molecule has 0 saturated heterocycles. The first-order valence-electron chi connectivity index (χ1n) is 8.92. The molecule has 0 fully saturated rings. The molecule has 1 unspecified atom stereocenters. The SMILES string of the molecule is CC/N=C(\c1ccc(N(C)C)cc1)C(C)(Cc1ccccc1)N(C)C. The molecule has 0 saturated carbocycles. The Kier molecular flexibility index (Phi) is 6.38. The minimum Gasteiger partial charge on any atom is -0.378 e. The van der Waals surface area contributed by atoms with E-state index in [-0.39, 0.29) is 5.54 Å². The maximum Gasteiger partial charge on any atom is 0.0642 e. The Bertz CT molecular complexity index is 687. The van der Waals surface area contributed by atoms with E-state index in [1.807, 2.05) is 0 Å². The Labute approximate surface area is 153 Å². The zero-order chi connectivity index (χ0) is 18.4. The van der Waals surface area contributed by atoms with Crippen LogP contribution in [0.4, 0.5) is 5.69 Å². The van der Waals surface area contributed by atoms with E-state index in [0.29, 0.717) is 0 Å². The molecular weight excluding hydrogens is 306 g/mol. The number of aliphatic imine (C=N–C) groups is 1. The fourth-order valence-corrected chi connectivity index (χ4v) is 3.10. The van der Waals surface area contributed by atoms with Gasteiger partial charge in [-0.05, 0) is 57.6 Å². The largest absolute Gasteiger partial charge is 0.378 e. The lowest BCUT2D eigenvalue weighted by atomic mass is 9.83. The molecule has 0 aliphatic rings. The van der Waals surface area contributed by atoms with Gasteiger partial charge in [-0.3, -0.25) is 9.89 Å². The predicted molar refractivity (Wildman–Crippen MR) is 110 cm³/mol. The van der Waals surface area contributed by atoms with E-state index in [0.717, 1.165) is 18.7 Å². The van der Waals surface area contributed by atoms with Crippen LogP contribution < -0.4 is 4.90 Å². The molecule has 0 spiro atoms. The van der Waals surface area contributed by atoms with Crippen molar-refractivity contribution < 1.29 is 0 Å². The van der Waals surface area contributed by atoms with Crippen LogP contribution in [0.5, 0.6) is 0 Å². The number of rotatable bonds is 7. The van der Waals surface area contributed by atoms with Gasteiger partial charge in [-0.25, -0.2) is 0 Å². The minimum absolute atomic E-state index is 0.170. The van der Waals surface area contributed by atoms with Gasteiger partial charge in [0, 0.05) is 26.3 Å². The maximum atomic E-state index is 4.92. The van der Waals surface area contributed by atoms with E-state index in [9.17, 15) is 0 Å². The Balaban J connectivity index is 2.45. The molecule has 134 valence electrons. The second-order valence-corrected chi connectivity index (χ2v) is 7.09. The van der Waals surface area contributed by atoms with E-state index in [1.165, 1.54) is 16.8 Å². The van der Waals surface area contributed by atoms with Crippen molar-refractivity contribution in [2.45, 2.75) is 25.8 Å². The summed E-state index contributed by atoms with van der Waals surface area (Å²) in [5, 5.41) is 0. The molecule has 0 N–H and O–H groups in total. The van der Waals surface area contributed by atoms with Crippen LogP contribution in [-0.4, -0.2) is 50.9 Å². The van der Waals surface area contributed by atoms with E-state index in [2.05, 4.69) is 106 Å². The van der Waals surface area contributed by atoms with Crippen molar-refractivity contribution in [3.63, 3.8) is 0 Å². The molecule has 2 aromatic carbocycles. The number of benzene rings is 2. The lowest BCUT2D eigenvalue weighted by molar-refractivity contribution is 0.250. The summed E-state index contributed by atoms with van der Waals surface area (Å²) in [7, 11) is 8.41. The van der Waals surface area contributed by atoms with Gasteiger partial charge in [0.1, 0.15) is 0 Å². The van der Waals surface area contributed by atoms with E-state index < -0.39 is 0 Å². The molecule has 0 heterocycles. The van der Waals surface area contributed by atoms with Gasteiger partial charge in [0.25, 0.3) is 0 Å². The third-order valence-corrected chi connectivity index (χ3v) is 4.86. The molecule has 1 atom stereocenters. The fourth-order valence-electron chi connectivity index (χ4n) is 3.10. The van der Waals surface area contributed by atoms with Crippen molar-refractivity contribution in [3.8, 4) is 0 Å². The summed E-state index contributed by atoms with van der Waals surface area (Å²) >= 11 is 0. The quantitative estimate of drug-likeness (QED) is 0.708. The molecule has 0 aliphatic heterocycles. The Hall–Kier alpha value is -2.13. The van der Waals surface area contributed by atoms with Crippen LogP contribution in [0.2, 0.25) is 0 Å². The molecule has 25 heavy (non-hydrogen) atoms. The van der Waals surface area contributed by atoms with Crippen molar-refractivity contribution in [1.82, 2.24) is 4.90 Å². The second-order valence-electron chi connectivity index (χ2n) is 7.09. The van der Waals surface area contributed by atoms with Crippen LogP contribution in [0.3, 0.4) is 0 Å². The fraction of sp³-hybridized carbons (Fsp3) is 0.409. The number of likely N-dealkylation sites (N-methyl/N-ethyl adjacent to an activating group) is 1.